The maximum Gasteiger partial charge on any atom is 0.410 e. The molecule has 7 nitrogen and oxygen atoms in total. The summed E-state index contributed by atoms with van der Waals surface area (Å²) < 4.78 is 16.5. The summed E-state index contributed by atoms with van der Waals surface area (Å²) in [5.74, 6) is 0.425. The molecule has 2 aliphatic rings. The van der Waals surface area contributed by atoms with Gasteiger partial charge in [-0.05, 0) is 23.3 Å². The lowest BCUT2D eigenvalue weighted by Gasteiger charge is -2.51. The van der Waals surface area contributed by atoms with E-state index in [2.05, 4.69) is 6.07 Å². The number of nitrogens with zero attached hydrogens (tertiary/aromatic N) is 2. The number of ether oxygens (including phenoxy) is 3. The molecule has 7 heteroatoms. The Labute approximate surface area is 175 Å². The van der Waals surface area contributed by atoms with Crippen molar-refractivity contribution in [2.45, 2.75) is 37.1 Å². The number of benzene rings is 2. The minimum atomic E-state index is -1.14. The van der Waals surface area contributed by atoms with Gasteiger partial charge in [0.05, 0.1) is 43.6 Å². The fraction of sp³-hybridized carbons (Fsp3) is 0.391. The van der Waals surface area contributed by atoms with Gasteiger partial charge in [-0.15, -0.1) is 0 Å². The Balaban J connectivity index is 1.52. The number of piperidine rings is 1. The molecule has 30 heavy (non-hydrogen) atoms. The van der Waals surface area contributed by atoms with Crippen molar-refractivity contribution in [2.75, 3.05) is 20.3 Å². The molecule has 2 saturated heterocycles. The number of amides is 1. The average Bonchev–Trinajstić information content (AvgIpc) is 2.77. The topological polar surface area (TPSA) is 92.0 Å². The summed E-state index contributed by atoms with van der Waals surface area (Å²) in [5.41, 5.74) is 0.865. The van der Waals surface area contributed by atoms with E-state index in [1.165, 1.54) is 7.11 Å². The van der Waals surface area contributed by atoms with E-state index in [4.69, 9.17) is 14.2 Å². The molecule has 2 heterocycles. The van der Waals surface area contributed by atoms with E-state index in [0.29, 0.717) is 42.9 Å². The first-order chi connectivity index (χ1) is 14.5. The van der Waals surface area contributed by atoms with E-state index < -0.39 is 11.7 Å². The van der Waals surface area contributed by atoms with E-state index in [9.17, 15) is 15.2 Å². The highest BCUT2D eigenvalue weighted by molar-refractivity contribution is 5.69. The van der Waals surface area contributed by atoms with E-state index in [-0.39, 0.29) is 18.7 Å². The van der Waals surface area contributed by atoms with Gasteiger partial charge < -0.3 is 19.3 Å². The number of hydrogen-bond acceptors (Lipinski definition) is 6. The summed E-state index contributed by atoms with van der Waals surface area (Å²) in [6.07, 6.45) is 0.245. The van der Waals surface area contributed by atoms with Crippen LogP contribution >= 0.6 is 0 Å². The van der Waals surface area contributed by atoms with Crippen molar-refractivity contribution in [1.29, 1.82) is 5.26 Å². The first-order valence-corrected chi connectivity index (χ1v) is 9.92. The van der Waals surface area contributed by atoms with Crippen LogP contribution in [0.4, 0.5) is 4.79 Å². The number of carbonyl (C=O) groups excluding carboxylic acids is 1. The van der Waals surface area contributed by atoms with Gasteiger partial charge in [-0.3, -0.25) is 4.90 Å². The standard InChI is InChI=1S/C23H24N2O5/c1-28-21-9-18(8-7-17(21)12-24)23(27)10-19-14-29-15-20(11-23)25(19)22(26)30-13-16-5-3-2-4-6-16/h2-9,19-20,27H,10-11,13-15H2,1H3. The number of nitriles is 1. The quantitative estimate of drug-likeness (QED) is 0.836. The maximum absolute atomic E-state index is 12.8. The number of aliphatic hydroxyl groups is 1. The van der Waals surface area contributed by atoms with E-state index in [0.717, 1.165) is 5.56 Å². The molecule has 0 radical (unpaired) electrons. The SMILES string of the molecule is COc1cc(C2(O)CC3COCC(C2)N3C(=O)OCc2ccccc2)ccc1C#N. The molecule has 2 bridgehead atoms. The third-order valence-electron chi connectivity index (χ3n) is 5.83. The second kappa shape index (κ2) is 8.34. The second-order valence-electron chi connectivity index (χ2n) is 7.76. The molecular weight excluding hydrogens is 384 g/mol. The minimum Gasteiger partial charge on any atom is -0.495 e. The first kappa shape index (κ1) is 20.2. The van der Waals surface area contributed by atoms with Gasteiger partial charge in [0.25, 0.3) is 0 Å². The molecule has 2 aromatic carbocycles. The van der Waals surface area contributed by atoms with Gasteiger partial charge >= 0.3 is 6.09 Å². The molecule has 0 saturated carbocycles. The lowest BCUT2D eigenvalue weighted by molar-refractivity contribution is -0.137. The Bertz CT molecular complexity index is 942. The highest BCUT2D eigenvalue weighted by Crippen LogP contribution is 2.42. The zero-order valence-electron chi connectivity index (χ0n) is 16.8. The molecule has 2 aliphatic heterocycles. The van der Waals surface area contributed by atoms with Gasteiger partial charge in [0.2, 0.25) is 0 Å². The van der Waals surface area contributed by atoms with Crippen LogP contribution in [0.1, 0.15) is 29.5 Å². The van der Waals surface area contributed by atoms with E-state index in [1.54, 1.807) is 23.1 Å². The Kier molecular flexibility index (Phi) is 5.62. The molecular formula is C23H24N2O5. The Morgan fingerprint density at radius 2 is 1.93 bits per heavy atom. The van der Waals surface area contributed by atoms with Crippen molar-refractivity contribution in [1.82, 2.24) is 4.90 Å². The van der Waals surface area contributed by atoms with Crippen LogP contribution in [0.3, 0.4) is 0 Å². The summed E-state index contributed by atoms with van der Waals surface area (Å²) in [6, 6.07) is 16.1. The number of hydrogen-bond donors (Lipinski definition) is 1. The normalized spacial score (nSPS) is 25.3. The van der Waals surface area contributed by atoms with Crippen molar-refractivity contribution in [3.63, 3.8) is 0 Å². The van der Waals surface area contributed by atoms with Crippen LogP contribution in [-0.4, -0.2) is 48.5 Å². The molecule has 1 N–H and O–H groups in total. The van der Waals surface area contributed by atoms with Gasteiger partial charge in [-0.25, -0.2) is 4.79 Å². The van der Waals surface area contributed by atoms with Crippen LogP contribution in [0.15, 0.2) is 48.5 Å². The lowest BCUT2D eigenvalue weighted by atomic mass is 9.77. The van der Waals surface area contributed by atoms with Crippen molar-refractivity contribution in [2.24, 2.45) is 0 Å². The van der Waals surface area contributed by atoms with Crippen molar-refractivity contribution < 1.29 is 24.1 Å². The fourth-order valence-corrected chi connectivity index (χ4v) is 4.38. The molecule has 0 aliphatic carbocycles. The van der Waals surface area contributed by atoms with Gasteiger partial charge in [-0.1, -0.05) is 36.4 Å². The number of carbonyl (C=O) groups is 1. The Hall–Kier alpha value is -3.08. The van der Waals surface area contributed by atoms with Gasteiger partial charge in [0.1, 0.15) is 18.4 Å². The first-order valence-electron chi connectivity index (χ1n) is 9.92. The summed E-state index contributed by atoms with van der Waals surface area (Å²) in [7, 11) is 1.50. The zero-order valence-corrected chi connectivity index (χ0v) is 16.8. The third kappa shape index (κ3) is 3.84. The molecule has 2 aromatic rings. The van der Waals surface area contributed by atoms with Crippen LogP contribution < -0.4 is 4.74 Å². The zero-order chi connectivity index (χ0) is 21.1. The largest absolute Gasteiger partial charge is 0.495 e. The number of methoxy groups -OCH3 is 1. The summed E-state index contributed by atoms with van der Waals surface area (Å²) in [4.78, 5) is 14.5. The van der Waals surface area contributed by atoms with Crippen LogP contribution in [0.25, 0.3) is 0 Å². The van der Waals surface area contributed by atoms with Crippen molar-refractivity contribution >= 4 is 6.09 Å². The molecule has 2 atom stereocenters. The van der Waals surface area contributed by atoms with Crippen LogP contribution in [0, 0.1) is 11.3 Å². The average molecular weight is 408 g/mol. The number of fused-ring (bicyclic) bond motifs is 2. The van der Waals surface area contributed by atoms with Gasteiger partial charge in [0.15, 0.2) is 0 Å². The highest BCUT2D eigenvalue weighted by atomic mass is 16.6. The van der Waals surface area contributed by atoms with E-state index >= 15 is 0 Å². The van der Waals surface area contributed by atoms with Crippen LogP contribution in [-0.2, 0) is 21.7 Å². The summed E-state index contributed by atoms with van der Waals surface area (Å²) >= 11 is 0. The molecule has 1 amide bonds. The maximum atomic E-state index is 12.8. The van der Waals surface area contributed by atoms with Crippen molar-refractivity contribution in [3.05, 3.63) is 65.2 Å². The van der Waals surface area contributed by atoms with Gasteiger partial charge in [0, 0.05) is 12.8 Å². The summed E-state index contributed by atoms with van der Waals surface area (Å²) in [5, 5.41) is 20.7. The Morgan fingerprint density at radius 3 is 2.57 bits per heavy atom. The fourth-order valence-electron chi connectivity index (χ4n) is 4.38. The lowest BCUT2D eigenvalue weighted by Crippen LogP contribution is -2.62. The smallest absolute Gasteiger partial charge is 0.410 e. The van der Waals surface area contributed by atoms with Gasteiger partial charge in [-0.2, -0.15) is 5.26 Å². The molecule has 4 rings (SSSR count). The predicted octanol–water partition coefficient (Wildman–Crippen LogP) is 2.95. The molecule has 2 unspecified atom stereocenters. The second-order valence-corrected chi connectivity index (χ2v) is 7.76. The predicted molar refractivity (Wildman–Crippen MR) is 108 cm³/mol. The monoisotopic (exact) mass is 408 g/mol. The number of morpholine rings is 1. The van der Waals surface area contributed by atoms with Crippen LogP contribution in [0.2, 0.25) is 0 Å². The molecule has 0 spiro atoms. The number of rotatable bonds is 4. The summed E-state index contributed by atoms with van der Waals surface area (Å²) in [6.45, 7) is 0.882. The molecule has 2 fully saturated rings. The van der Waals surface area contributed by atoms with Crippen molar-refractivity contribution in [3.8, 4) is 11.8 Å². The Morgan fingerprint density at radius 1 is 1.23 bits per heavy atom. The highest BCUT2D eigenvalue weighted by Gasteiger charge is 2.49. The third-order valence-corrected chi connectivity index (χ3v) is 5.83. The van der Waals surface area contributed by atoms with E-state index in [1.807, 2.05) is 30.3 Å². The molecule has 0 aromatic heterocycles. The minimum absolute atomic E-state index is 0.202. The van der Waals surface area contributed by atoms with Crippen LogP contribution in [0.5, 0.6) is 5.75 Å². The molecule has 156 valence electrons.